The van der Waals surface area contributed by atoms with Gasteiger partial charge in [-0.15, -0.1) is 5.10 Å². The van der Waals surface area contributed by atoms with Crippen molar-refractivity contribution in [1.29, 1.82) is 0 Å². The number of hydrogen-bond donors (Lipinski definition) is 0. The Morgan fingerprint density at radius 1 is 0.969 bits per heavy atom. The van der Waals surface area contributed by atoms with Gasteiger partial charge in [0.05, 0.1) is 16.3 Å². The molecular weight excluding hydrogens is 456 g/mol. The van der Waals surface area contributed by atoms with E-state index in [9.17, 15) is 9.18 Å². The Hall–Kier alpha value is -3.30. The van der Waals surface area contributed by atoms with E-state index in [1.807, 2.05) is 4.90 Å². The largest absolute Gasteiger partial charge is 0.351 e. The van der Waals surface area contributed by atoms with Crippen molar-refractivity contribution in [3.63, 3.8) is 0 Å². The minimum Gasteiger partial charge on any atom is -0.351 e. The van der Waals surface area contributed by atoms with E-state index in [-0.39, 0.29) is 11.7 Å². The molecule has 1 amide bonds. The van der Waals surface area contributed by atoms with Crippen LogP contribution in [0.5, 0.6) is 0 Å². The molecule has 2 aromatic heterocycles. The monoisotopic (exact) mass is 471 g/mol. The molecule has 0 unspecified atom stereocenters. The topological polar surface area (TPSA) is 80.0 Å². The van der Waals surface area contributed by atoms with Gasteiger partial charge in [-0.25, -0.2) is 14.4 Å². The van der Waals surface area contributed by atoms with Crippen LogP contribution < -0.4 is 4.90 Å². The van der Waals surface area contributed by atoms with E-state index in [2.05, 4.69) is 20.3 Å². The number of fused-ring (bicyclic) bond motifs is 1. The number of carbonyl (C=O) groups is 1. The quantitative estimate of drug-likeness (QED) is 0.453. The van der Waals surface area contributed by atoms with E-state index < -0.39 is 0 Å². The molecule has 2 aromatic carbocycles. The number of halogens is 3. The molecule has 0 N–H and O–H groups in total. The Morgan fingerprint density at radius 2 is 1.72 bits per heavy atom. The molecule has 0 atom stereocenters. The first-order valence-corrected chi connectivity index (χ1v) is 10.6. The summed E-state index contributed by atoms with van der Waals surface area (Å²) in [4.78, 5) is 25.4. The number of nitrogens with zero attached hydrogens (tertiary/aromatic N) is 7. The number of anilines is 1. The van der Waals surface area contributed by atoms with Crippen LogP contribution in [-0.4, -0.2) is 61.9 Å². The lowest BCUT2D eigenvalue weighted by Gasteiger charge is -2.35. The molecule has 1 saturated heterocycles. The number of amides is 1. The molecule has 4 aromatic rings. The van der Waals surface area contributed by atoms with E-state index in [0.29, 0.717) is 64.5 Å². The van der Waals surface area contributed by atoms with E-state index >= 15 is 0 Å². The molecule has 8 nitrogen and oxygen atoms in total. The fraction of sp³-hybridized carbons (Fsp3) is 0.190. The molecule has 1 aliphatic heterocycles. The van der Waals surface area contributed by atoms with Gasteiger partial charge in [0.15, 0.2) is 17.0 Å². The normalized spacial score (nSPS) is 14.2. The van der Waals surface area contributed by atoms with Crippen molar-refractivity contribution in [3.8, 4) is 5.69 Å². The molecule has 11 heteroatoms. The first kappa shape index (κ1) is 20.6. The second-order valence-corrected chi connectivity index (χ2v) is 8.09. The molecule has 0 aliphatic carbocycles. The van der Waals surface area contributed by atoms with Crippen LogP contribution in [0.25, 0.3) is 16.9 Å². The third-order valence-corrected chi connectivity index (χ3v) is 5.87. The SMILES string of the molecule is O=C(c1ccc(Cl)cc1Cl)N1CCN(c2ncnc3c2nnn3-c2ccc(F)cc2)CC1. The summed E-state index contributed by atoms with van der Waals surface area (Å²) in [7, 11) is 0. The number of rotatable bonds is 3. The second-order valence-electron chi connectivity index (χ2n) is 7.25. The fourth-order valence-corrected chi connectivity index (χ4v) is 4.17. The van der Waals surface area contributed by atoms with Crippen molar-refractivity contribution in [2.45, 2.75) is 0 Å². The zero-order valence-corrected chi connectivity index (χ0v) is 18.1. The van der Waals surface area contributed by atoms with E-state index in [1.54, 1.807) is 39.9 Å². The average molecular weight is 472 g/mol. The summed E-state index contributed by atoms with van der Waals surface area (Å²) >= 11 is 12.1. The van der Waals surface area contributed by atoms with Crippen LogP contribution in [0.15, 0.2) is 48.8 Å². The maximum absolute atomic E-state index is 13.3. The first-order valence-electron chi connectivity index (χ1n) is 9.83. The predicted octanol–water partition coefficient (Wildman–Crippen LogP) is 3.62. The minimum atomic E-state index is -0.333. The van der Waals surface area contributed by atoms with Crippen LogP contribution in [0, 0.1) is 5.82 Å². The van der Waals surface area contributed by atoms with Gasteiger partial charge in [0.2, 0.25) is 0 Å². The van der Waals surface area contributed by atoms with Gasteiger partial charge in [0.25, 0.3) is 5.91 Å². The van der Waals surface area contributed by atoms with Crippen LogP contribution in [-0.2, 0) is 0 Å². The Balaban J connectivity index is 1.36. The van der Waals surface area contributed by atoms with Gasteiger partial charge in [0.1, 0.15) is 12.1 Å². The molecule has 1 aliphatic rings. The summed E-state index contributed by atoms with van der Waals surface area (Å²) in [6.07, 6.45) is 1.45. The van der Waals surface area contributed by atoms with Crippen molar-refractivity contribution < 1.29 is 9.18 Å². The molecule has 1 fully saturated rings. The number of benzene rings is 2. The average Bonchev–Trinajstić information content (AvgIpc) is 3.24. The number of aromatic nitrogens is 5. The Bertz CT molecular complexity index is 1300. The molecule has 0 spiro atoms. The standard InChI is InChI=1S/C21H16Cl2FN7O/c22-13-1-6-16(17(23)11-13)21(32)30-9-7-29(8-10-30)19-18-20(26-12-25-19)31(28-27-18)15-4-2-14(24)3-5-15/h1-6,11-12H,7-10H2. The molecule has 0 saturated carbocycles. The number of piperazine rings is 1. The third kappa shape index (κ3) is 3.74. The van der Waals surface area contributed by atoms with Crippen LogP contribution >= 0.6 is 23.2 Å². The van der Waals surface area contributed by atoms with Crippen molar-refractivity contribution >= 4 is 46.1 Å². The first-order chi connectivity index (χ1) is 15.5. The lowest BCUT2D eigenvalue weighted by Crippen LogP contribution is -2.49. The number of carbonyl (C=O) groups excluding carboxylic acids is 1. The highest BCUT2D eigenvalue weighted by Crippen LogP contribution is 2.26. The predicted molar refractivity (Wildman–Crippen MR) is 119 cm³/mol. The van der Waals surface area contributed by atoms with Crippen LogP contribution in [0.2, 0.25) is 10.0 Å². The third-order valence-electron chi connectivity index (χ3n) is 5.32. The van der Waals surface area contributed by atoms with Gasteiger partial charge in [-0.2, -0.15) is 4.68 Å². The smallest absolute Gasteiger partial charge is 0.255 e. The summed E-state index contributed by atoms with van der Waals surface area (Å²) in [5.74, 6) is 0.169. The molecule has 0 bridgehead atoms. The van der Waals surface area contributed by atoms with Crippen molar-refractivity contribution in [2.75, 3.05) is 31.1 Å². The van der Waals surface area contributed by atoms with Crippen molar-refractivity contribution in [3.05, 3.63) is 70.2 Å². The van der Waals surface area contributed by atoms with Crippen molar-refractivity contribution in [2.24, 2.45) is 0 Å². The van der Waals surface area contributed by atoms with Gasteiger partial charge >= 0.3 is 0 Å². The zero-order valence-electron chi connectivity index (χ0n) is 16.6. The summed E-state index contributed by atoms with van der Waals surface area (Å²) in [5, 5.41) is 9.25. The highest BCUT2D eigenvalue weighted by atomic mass is 35.5. The van der Waals surface area contributed by atoms with Gasteiger partial charge in [0, 0.05) is 31.2 Å². The molecule has 5 rings (SSSR count). The number of hydrogen-bond acceptors (Lipinski definition) is 6. The molecular formula is C21H16Cl2FN7O. The maximum Gasteiger partial charge on any atom is 0.255 e. The second kappa shape index (κ2) is 8.33. The molecule has 3 heterocycles. The Morgan fingerprint density at radius 3 is 2.44 bits per heavy atom. The maximum atomic E-state index is 13.3. The van der Waals surface area contributed by atoms with E-state index in [0.717, 1.165) is 0 Å². The van der Waals surface area contributed by atoms with Gasteiger partial charge in [-0.3, -0.25) is 4.79 Å². The highest BCUT2D eigenvalue weighted by Gasteiger charge is 2.26. The molecule has 32 heavy (non-hydrogen) atoms. The van der Waals surface area contributed by atoms with Gasteiger partial charge in [-0.05, 0) is 42.5 Å². The van der Waals surface area contributed by atoms with Gasteiger partial charge in [-0.1, -0.05) is 28.4 Å². The molecule has 0 radical (unpaired) electrons. The van der Waals surface area contributed by atoms with Crippen LogP contribution in [0.1, 0.15) is 10.4 Å². The molecule has 162 valence electrons. The highest BCUT2D eigenvalue weighted by molar-refractivity contribution is 6.36. The summed E-state index contributed by atoms with van der Waals surface area (Å²) in [5.41, 5.74) is 2.13. The van der Waals surface area contributed by atoms with Crippen LogP contribution in [0.3, 0.4) is 0 Å². The Kier molecular flexibility index (Phi) is 5.36. The summed E-state index contributed by atoms with van der Waals surface area (Å²) < 4.78 is 14.8. The van der Waals surface area contributed by atoms with Crippen molar-refractivity contribution in [1.82, 2.24) is 29.9 Å². The summed E-state index contributed by atoms with van der Waals surface area (Å²) in [6, 6.07) is 10.8. The van der Waals surface area contributed by atoms with E-state index in [1.165, 1.54) is 18.5 Å². The summed E-state index contributed by atoms with van der Waals surface area (Å²) in [6.45, 7) is 2.11. The minimum absolute atomic E-state index is 0.138. The lowest BCUT2D eigenvalue weighted by atomic mass is 10.1. The Labute approximate surface area is 192 Å². The fourth-order valence-electron chi connectivity index (χ4n) is 3.68. The van der Waals surface area contributed by atoms with E-state index in [4.69, 9.17) is 23.2 Å². The van der Waals surface area contributed by atoms with Gasteiger partial charge < -0.3 is 9.80 Å². The lowest BCUT2D eigenvalue weighted by molar-refractivity contribution is 0.0747. The zero-order chi connectivity index (χ0) is 22.2. The van der Waals surface area contributed by atoms with Crippen LogP contribution in [0.4, 0.5) is 10.2 Å².